The SMILES string of the molecule is O=C(C1CC=CCC1)N1Cc2ccccc2C1. The molecule has 2 nitrogen and oxygen atoms in total. The van der Waals surface area contributed by atoms with Gasteiger partial charge in [-0.1, -0.05) is 36.4 Å². The first-order valence-corrected chi connectivity index (χ1v) is 6.35. The Morgan fingerprint density at radius 1 is 1.12 bits per heavy atom. The molecule has 2 aliphatic rings. The Morgan fingerprint density at radius 3 is 2.41 bits per heavy atom. The molecule has 0 fully saturated rings. The smallest absolute Gasteiger partial charge is 0.226 e. The Balaban J connectivity index is 1.72. The fourth-order valence-electron chi connectivity index (χ4n) is 2.77. The highest BCUT2D eigenvalue weighted by Gasteiger charge is 2.28. The van der Waals surface area contributed by atoms with Crippen molar-refractivity contribution in [3.8, 4) is 0 Å². The minimum Gasteiger partial charge on any atom is -0.334 e. The summed E-state index contributed by atoms with van der Waals surface area (Å²) in [7, 11) is 0. The lowest BCUT2D eigenvalue weighted by Crippen LogP contribution is -2.32. The summed E-state index contributed by atoms with van der Waals surface area (Å²) in [5.41, 5.74) is 2.62. The number of rotatable bonds is 1. The first-order chi connectivity index (χ1) is 8.34. The molecule has 0 saturated heterocycles. The molecule has 88 valence electrons. The summed E-state index contributed by atoms with van der Waals surface area (Å²) in [5.74, 6) is 0.555. The third kappa shape index (κ3) is 1.99. The zero-order valence-electron chi connectivity index (χ0n) is 9.93. The van der Waals surface area contributed by atoms with Crippen LogP contribution in [0.3, 0.4) is 0 Å². The number of amides is 1. The van der Waals surface area contributed by atoms with Crippen molar-refractivity contribution >= 4 is 5.91 Å². The van der Waals surface area contributed by atoms with Crippen LogP contribution in [0.25, 0.3) is 0 Å². The van der Waals surface area contributed by atoms with E-state index in [1.807, 2.05) is 4.90 Å². The van der Waals surface area contributed by atoms with Crippen molar-refractivity contribution in [3.05, 3.63) is 47.5 Å². The molecule has 0 radical (unpaired) electrons. The van der Waals surface area contributed by atoms with Gasteiger partial charge in [0.25, 0.3) is 0 Å². The van der Waals surface area contributed by atoms with Crippen molar-refractivity contribution in [2.24, 2.45) is 5.92 Å². The highest BCUT2D eigenvalue weighted by molar-refractivity contribution is 5.79. The molecule has 1 aliphatic carbocycles. The molecule has 1 aromatic rings. The predicted octanol–water partition coefficient (Wildman–Crippen LogP) is 2.89. The molecule has 0 spiro atoms. The van der Waals surface area contributed by atoms with Gasteiger partial charge in [0, 0.05) is 19.0 Å². The summed E-state index contributed by atoms with van der Waals surface area (Å²) in [6.45, 7) is 1.60. The molecule has 0 N–H and O–H groups in total. The van der Waals surface area contributed by atoms with E-state index in [0.29, 0.717) is 5.91 Å². The van der Waals surface area contributed by atoms with Crippen LogP contribution in [0.1, 0.15) is 30.4 Å². The first kappa shape index (κ1) is 10.6. The maximum absolute atomic E-state index is 12.4. The molecule has 0 aromatic heterocycles. The lowest BCUT2D eigenvalue weighted by Gasteiger charge is -2.23. The van der Waals surface area contributed by atoms with Crippen molar-refractivity contribution < 1.29 is 4.79 Å². The van der Waals surface area contributed by atoms with Gasteiger partial charge >= 0.3 is 0 Å². The van der Waals surface area contributed by atoms with Crippen molar-refractivity contribution in [3.63, 3.8) is 0 Å². The van der Waals surface area contributed by atoms with Crippen molar-refractivity contribution in [1.82, 2.24) is 4.90 Å². The topological polar surface area (TPSA) is 20.3 Å². The van der Waals surface area contributed by atoms with Crippen molar-refractivity contribution in [1.29, 1.82) is 0 Å². The molecule has 1 aromatic carbocycles. The Bertz CT molecular complexity index is 439. The molecule has 1 aliphatic heterocycles. The summed E-state index contributed by atoms with van der Waals surface area (Å²) in [4.78, 5) is 14.4. The minimum absolute atomic E-state index is 0.217. The molecule has 1 amide bonds. The van der Waals surface area contributed by atoms with Gasteiger partial charge in [-0.2, -0.15) is 0 Å². The van der Waals surface area contributed by atoms with Crippen LogP contribution in [0, 0.1) is 5.92 Å². The molecule has 1 unspecified atom stereocenters. The van der Waals surface area contributed by atoms with Crippen LogP contribution in [0.2, 0.25) is 0 Å². The number of hydrogen-bond acceptors (Lipinski definition) is 1. The second-order valence-corrected chi connectivity index (χ2v) is 4.94. The van der Waals surface area contributed by atoms with E-state index in [-0.39, 0.29) is 5.92 Å². The standard InChI is InChI=1S/C15H17NO/c17-15(12-6-2-1-3-7-12)16-10-13-8-4-5-9-14(13)11-16/h1-2,4-5,8-9,12H,3,6-7,10-11H2. The van der Waals surface area contributed by atoms with E-state index in [1.165, 1.54) is 11.1 Å². The summed E-state index contributed by atoms with van der Waals surface area (Å²) in [6.07, 6.45) is 7.32. The molecule has 2 heteroatoms. The molecule has 0 bridgehead atoms. The lowest BCUT2D eigenvalue weighted by molar-refractivity contribution is -0.136. The molecule has 3 rings (SSSR count). The molecule has 1 heterocycles. The molecular formula is C15H17NO. The number of hydrogen-bond donors (Lipinski definition) is 0. The summed E-state index contributed by atoms with van der Waals surface area (Å²) in [6, 6.07) is 8.36. The van der Waals surface area contributed by atoms with E-state index in [1.54, 1.807) is 0 Å². The van der Waals surface area contributed by atoms with Crippen molar-refractivity contribution in [2.45, 2.75) is 32.4 Å². The summed E-state index contributed by atoms with van der Waals surface area (Å²) in [5, 5.41) is 0. The van der Waals surface area contributed by atoms with Gasteiger partial charge in [-0.25, -0.2) is 0 Å². The van der Waals surface area contributed by atoms with Gasteiger partial charge in [0.15, 0.2) is 0 Å². The van der Waals surface area contributed by atoms with Gasteiger partial charge in [-0.05, 0) is 30.4 Å². The normalized spacial score (nSPS) is 22.6. The van der Waals surface area contributed by atoms with Gasteiger partial charge in [0.05, 0.1) is 0 Å². The van der Waals surface area contributed by atoms with E-state index >= 15 is 0 Å². The molecule has 17 heavy (non-hydrogen) atoms. The monoisotopic (exact) mass is 227 g/mol. The second-order valence-electron chi connectivity index (χ2n) is 4.94. The van der Waals surface area contributed by atoms with Crippen LogP contribution < -0.4 is 0 Å². The zero-order valence-corrected chi connectivity index (χ0v) is 9.93. The first-order valence-electron chi connectivity index (χ1n) is 6.35. The largest absolute Gasteiger partial charge is 0.334 e. The Labute approximate surface area is 102 Å². The maximum Gasteiger partial charge on any atom is 0.226 e. The number of carbonyl (C=O) groups excluding carboxylic acids is 1. The average molecular weight is 227 g/mol. The van der Waals surface area contributed by atoms with E-state index < -0.39 is 0 Å². The zero-order chi connectivity index (χ0) is 11.7. The molecule has 0 saturated carbocycles. The van der Waals surface area contributed by atoms with E-state index in [9.17, 15) is 4.79 Å². The van der Waals surface area contributed by atoms with Crippen LogP contribution in [0.4, 0.5) is 0 Å². The highest BCUT2D eigenvalue weighted by atomic mass is 16.2. The Hall–Kier alpha value is -1.57. The number of fused-ring (bicyclic) bond motifs is 1. The van der Waals surface area contributed by atoms with Crippen LogP contribution in [-0.2, 0) is 17.9 Å². The van der Waals surface area contributed by atoms with E-state index in [4.69, 9.17) is 0 Å². The Kier molecular flexibility index (Phi) is 2.71. The Morgan fingerprint density at radius 2 is 1.82 bits per heavy atom. The number of carbonyl (C=O) groups is 1. The van der Waals surface area contributed by atoms with Crippen LogP contribution in [0.5, 0.6) is 0 Å². The fraction of sp³-hybridized carbons (Fsp3) is 0.400. The maximum atomic E-state index is 12.4. The molecule has 1 atom stereocenters. The third-order valence-corrected chi connectivity index (χ3v) is 3.77. The number of nitrogens with zero attached hydrogens (tertiary/aromatic N) is 1. The van der Waals surface area contributed by atoms with Crippen molar-refractivity contribution in [2.75, 3.05) is 0 Å². The summed E-state index contributed by atoms with van der Waals surface area (Å²) < 4.78 is 0. The van der Waals surface area contributed by atoms with Gasteiger partial charge < -0.3 is 4.90 Å². The quantitative estimate of drug-likeness (QED) is 0.675. The van der Waals surface area contributed by atoms with E-state index in [2.05, 4.69) is 36.4 Å². The van der Waals surface area contributed by atoms with Gasteiger partial charge in [0.1, 0.15) is 0 Å². The minimum atomic E-state index is 0.217. The highest BCUT2D eigenvalue weighted by Crippen LogP contribution is 2.27. The van der Waals surface area contributed by atoms with E-state index in [0.717, 1.165) is 32.4 Å². The van der Waals surface area contributed by atoms with Crippen LogP contribution in [0.15, 0.2) is 36.4 Å². The number of allylic oxidation sites excluding steroid dienone is 2. The third-order valence-electron chi connectivity index (χ3n) is 3.77. The average Bonchev–Trinajstić information content (AvgIpc) is 2.82. The van der Waals surface area contributed by atoms with Gasteiger partial charge in [-0.3, -0.25) is 4.79 Å². The predicted molar refractivity (Wildman–Crippen MR) is 67.2 cm³/mol. The van der Waals surface area contributed by atoms with Gasteiger partial charge in [0.2, 0.25) is 5.91 Å². The van der Waals surface area contributed by atoms with Gasteiger partial charge in [-0.15, -0.1) is 0 Å². The fourth-order valence-corrected chi connectivity index (χ4v) is 2.77. The van der Waals surface area contributed by atoms with Crippen LogP contribution >= 0.6 is 0 Å². The second kappa shape index (κ2) is 4.36. The number of benzene rings is 1. The lowest BCUT2D eigenvalue weighted by atomic mass is 9.93. The summed E-state index contributed by atoms with van der Waals surface area (Å²) >= 11 is 0. The molecular weight excluding hydrogens is 210 g/mol. The van der Waals surface area contributed by atoms with Crippen LogP contribution in [-0.4, -0.2) is 10.8 Å².